The van der Waals surface area contributed by atoms with Gasteiger partial charge in [-0.3, -0.25) is 4.79 Å². The Kier molecular flexibility index (Phi) is 7.68. The van der Waals surface area contributed by atoms with E-state index in [1.807, 2.05) is 6.92 Å². The van der Waals surface area contributed by atoms with Crippen LogP contribution in [0.1, 0.15) is 47.0 Å². The number of ether oxygens (including phenoxy) is 1. The van der Waals surface area contributed by atoms with Gasteiger partial charge in [0.05, 0.1) is 12.2 Å². The van der Waals surface area contributed by atoms with Crippen LogP contribution in [0.2, 0.25) is 5.04 Å². The molecule has 0 amide bonds. The third kappa shape index (κ3) is 5.08. The first-order valence-electron chi connectivity index (χ1n) is 11.3. The van der Waals surface area contributed by atoms with Crippen LogP contribution in [0.25, 0.3) is 0 Å². The summed E-state index contributed by atoms with van der Waals surface area (Å²) in [5.41, 5.74) is 0.797. The van der Waals surface area contributed by atoms with Crippen molar-refractivity contribution in [2.45, 2.75) is 64.2 Å². The molecule has 0 saturated heterocycles. The first-order valence-corrected chi connectivity index (χ1v) is 13.2. The minimum absolute atomic E-state index is 0.0103. The van der Waals surface area contributed by atoms with E-state index in [0.29, 0.717) is 5.92 Å². The van der Waals surface area contributed by atoms with Gasteiger partial charge in [-0.15, -0.1) is 0 Å². The predicted octanol–water partition coefficient (Wildman–Crippen LogP) is 4.89. The van der Waals surface area contributed by atoms with E-state index in [0.717, 1.165) is 31.1 Å². The molecule has 31 heavy (non-hydrogen) atoms. The lowest BCUT2D eigenvalue weighted by molar-refractivity contribution is -0.104. The lowest BCUT2D eigenvalue weighted by atomic mass is 9.84. The maximum Gasteiger partial charge on any atom is 0.261 e. The van der Waals surface area contributed by atoms with Crippen molar-refractivity contribution in [2.24, 2.45) is 5.92 Å². The molecule has 1 fully saturated rings. The van der Waals surface area contributed by atoms with Crippen molar-refractivity contribution >= 4 is 25.0 Å². The summed E-state index contributed by atoms with van der Waals surface area (Å²) in [6, 6.07) is 21.5. The Morgan fingerprint density at radius 3 is 1.94 bits per heavy atom. The highest BCUT2D eigenvalue weighted by Crippen LogP contribution is 2.40. The average molecular weight is 437 g/mol. The van der Waals surface area contributed by atoms with Gasteiger partial charge in [0.2, 0.25) is 0 Å². The summed E-state index contributed by atoms with van der Waals surface area (Å²) < 4.78 is 13.3. The maximum atomic E-state index is 11.1. The van der Waals surface area contributed by atoms with Gasteiger partial charge in [-0.05, 0) is 53.1 Å². The van der Waals surface area contributed by atoms with E-state index in [1.54, 1.807) is 7.11 Å². The van der Waals surface area contributed by atoms with Crippen LogP contribution in [-0.2, 0) is 14.0 Å². The van der Waals surface area contributed by atoms with Gasteiger partial charge >= 0.3 is 0 Å². The number of aldehydes is 1. The Labute approximate surface area is 188 Å². The second-order valence-electron chi connectivity index (χ2n) is 9.70. The molecule has 4 heteroatoms. The van der Waals surface area contributed by atoms with Crippen molar-refractivity contribution in [3.8, 4) is 0 Å². The number of benzene rings is 2. The summed E-state index contributed by atoms with van der Waals surface area (Å²) in [4.78, 5) is 11.1. The largest absolute Gasteiger partial charge is 0.402 e. The summed E-state index contributed by atoms with van der Waals surface area (Å²) in [6.45, 7) is 8.80. The SMILES string of the molecule is CO[C@@H]1C[C@H](/C=C(\C)C=O)CC[C@H]1O[Si](c1ccccc1)(c1ccccc1)C(C)(C)C. The van der Waals surface area contributed by atoms with Crippen molar-refractivity contribution in [1.29, 1.82) is 0 Å². The van der Waals surface area contributed by atoms with Gasteiger partial charge < -0.3 is 9.16 Å². The van der Waals surface area contributed by atoms with Crippen molar-refractivity contribution < 1.29 is 14.0 Å². The molecule has 0 spiro atoms. The Bertz CT molecular complexity index is 831. The minimum Gasteiger partial charge on any atom is -0.402 e. The zero-order valence-electron chi connectivity index (χ0n) is 19.5. The Balaban J connectivity index is 2.02. The molecular formula is C27H36O3Si. The Morgan fingerprint density at radius 2 is 1.48 bits per heavy atom. The third-order valence-electron chi connectivity index (χ3n) is 6.50. The molecule has 0 aliphatic heterocycles. The Hall–Kier alpha value is -2.01. The van der Waals surface area contributed by atoms with Crippen LogP contribution in [0.15, 0.2) is 72.3 Å². The molecular weight excluding hydrogens is 400 g/mol. The number of hydrogen-bond donors (Lipinski definition) is 0. The third-order valence-corrected chi connectivity index (χ3v) is 11.6. The molecule has 0 heterocycles. The quantitative estimate of drug-likeness (QED) is 0.352. The van der Waals surface area contributed by atoms with Crippen LogP contribution < -0.4 is 10.4 Å². The summed E-state index contributed by atoms with van der Waals surface area (Å²) in [5, 5.41) is 2.53. The van der Waals surface area contributed by atoms with E-state index in [4.69, 9.17) is 9.16 Å². The summed E-state index contributed by atoms with van der Waals surface area (Å²) >= 11 is 0. The topological polar surface area (TPSA) is 35.5 Å². The van der Waals surface area contributed by atoms with Crippen LogP contribution >= 0.6 is 0 Å². The standard InChI is InChI=1S/C27H36O3Si/c1-21(20-28)18-22-16-17-25(26(19-22)29-5)30-31(27(2,3)4,23-12-8-6-9-13-23)24-14-10-7-11-15-24/h6-15,18,20,22,25-26H,16-17,19H2,1-5H3/b21-18+/t22-,25+,26+/m0/s1. The summed E-state index contributed by atoms with van der Waals surface area (Å²) in [7, 11) is -0.824. The average Bonchev–Trinajstić information content (AvgIpc) is 2.78. The van der Waals surface area contributed by atoms with Gasteiger partial charge in [0.1, 0.15) is 6.29 Å². The second kappa shape index (κ2) is 10.1. The maximum absolute atomic E-state index is 11.1. The molecule has 2 aromatic rings. The van der Waals surface area contributed by atoms with Crippen molar-refractivity contribution in [1.82, 2.24) is 0 Å². The van der Waals surface area contributed by atoms with Crippen LogP contribution in [0.4, 0.5) is 0 Å². The normalized spacial score (nSPS) is 22.9. The number of hydrogen-bond acceptors (Lipinski definition) is 3. The zero-order chi connectivity index (χ0) is 22.5. The lowest BCUT2D eigenvalue weighted by Crippen LogP contribution is -2.68. The molecule has 166 valence electrons. The fourth-order valence-electron chi connectivity index (χ4n) is 5.00. The molecule has 3 atom stereocenters. The molecule has 0 N–H and O–H groups in total. The van der Waals surface area contributed by atoms with Gasteiger partial charge in [-0.2, -0.15) is 0 Å². The molecule has 1 aliphatic carbocycles. The monoisotopic (exact) mass is 436 g/mol. The molecule has 0 bridgehead atoms. The van der Waals surface area contributed by atoms with Crippen molar-refractivity contribution in [3.05, 3.63) is 72.3 Å². The molecule has 1 saturated carbocycles. The van der Waals surface area contributed by atoms with Gasteiger partial charge in [0.15, 0.2) is 0 Å². The highest BCUT2D eigenvalue weighted by Gasteiger charge is 2.52. The van der Waals surface area contributed by atoms with Crippen molar-refractivity contribution in [3.63, 3.8) is 0 Å². The number of carbonyl (C=O) groups excluding carboxylic acids is 1. The molecule has 3 rings (SSSR count). The number of allylic oxidation sites excluding steroid dienone is 2. The first kappa shape index (κ1) is 23.6. The molecule has 1 aliphatic rings. The van der Waals surface area contributed by atoms with E-state index in [-0.39, 0.29) is 17.2 Å². The predicted molar refractivity (Wildman–Crippen MR) is 130 cm³/mol. The molecule has 3 nitrogen and oxygen atoms in total. The summed E-state index contributed by atoms with van der Waals surface area (Å²) in [6.07, 6.45) is 5.88. The van der Waals surface area contributed by atoms with E-state index in [1.165, 1.54) is 10.4 Å². The van der Waals surface area contributed by atoms with Crippen molar-refractivity contribution in [2.75, 3.05) is 7.11 Å². The fourth-order valence-corrected chi connectivity index (χ4v) is 9.73. The highest BCUT2D eigenvalue weighted by molar-refractivity contribution is 6.99. The van der Waals surface area contributed by atoms with Crippen LogP contribution in [0, 0.1) is 5.92 Å². The lowest BCUT2D eigenvalue weighted by Gasteiger charge is -2.47. The van der Waals surface area contributed by atoms with Gasteiger partial charge in [0.25, 0.3) is 8.32 Å². The zero-order valence-corrected chi connectivity index (χ0v) is 20.5. The number of rotatable bonds is 7. The molecule has 0 unspecified atom stereocenters. The highest BCUT2D eigenvalue weighted by atomic mass is 28.4. The molecule has 0 radical (unpaired) electrons. The minimum atomic E-state index is -2.61. The van der Waals surface area contributed by atoms with E-state index in [2.05, 4.69) is 87.5 Å². The van der Waals surface area contributed by atoms with Crippen LogP contribution in [0.5, 0.6) is 0 Å². The molecule has 0 aromatic heterocycles. The fraction of sp³-hybridized carbons (Fsp3) is 0.444. The van der Waals surface area contributed by atoms with Crippen LogP contribution in [-0.4, -0.2) is 33.9 Å². The second-order valence-corrected chi connectivity index (χ2v) is 13.9. The van der Waals surface area contributed by atoms with E-state index in [9.17, 15) is 4.79 Å². The van der Waals surface area contributed by atoms with E-state index >= 15 is 0 Å². The Morgan fingerprint density at radius 1 is 0.935 bits per heavy atom. The van der Waals surface area contributed by atoms with Gasteiger partial charge in [-0.25, -0.2) is 0 Å². The van der Waals surface area contributed by atoms with Gasteiger partial charge in [0, 0.05) is 7.11 Å². The summed E-state index contributed by atoms with van der Waals surface area (Å²) in [5.74, 6) is 0.356. The van der Waals surface area contributed by atoms with Gasteiger partial charge in [-0.1, -0.05) is 87.5 Å². The van der Waals surface area contributed by atoms with E-state index < -0.39 is 8.32 Å². The smallest absolute Gasteiger partial charge is 0.261 e. The number of methoxy groups -OCH3 is 1. The molecule has 2 aromatic carbocycles. The number of carbonyl (C=O) groups is 1. The van der Waals surface area contributed by atoms with Crippen LogP contribution in [0.3, 0.4) is 0 Å². The first-order chi connectivity index (χ1) is 14.8.